The molecule has 1 aliphatic heterocycles. The average Bonchev–Trinajstić information content (AvgIpc) is 2.91. The molecule has 0 unspecified atom stereocenters. The number of hydrogen-bond donors (Lipinski definition) is 1. The van der Waals surface area contributed by atoms with E-state index < -0.39 is 12.6 Å². The van der Waals surface area contributed by atoms with Gasteiger partial charge < -0.3 is 14.8 Å². The Balaban J connectivity index is 1.83. The zero-order valence-corrected chi connectivity index (χ0v) is 14.3. The number of benzene rings is 1. The van der Waals surface area contributed by atoms with Gasteiger partial charge in [-0.25, -0.2) is 4.98 Å². The number of aryl methyl sites for hydroxylation is 1. The molecule has 134 valence electrons. The molecule has 2 aromatic rings. The van der Waals surface area contributed by atoms with Crippen molar-refractivity contribution in [2.24, 2.45) is 12.0 Å². The quantitative estimate of drug-likeness (QED) is 0.819. The maximum Gasteiger partial charge on any atom is 0.389 e. The van der Waals surface area contributed by atoms with E-state index in [1.54, 1.807) is 18.5 Å². The molecule has 3 rings (SSSR count). The fourth-order valence-electron chi connectivity index (χ4n) is 2.58. The van der Waals surface area contributed by atoms with Crippen molar-refractivity contribution in [1.82, 2.24) is 9.55 Å². The molecule has 0 saturated carbocycles. The summed E-state index contributed by atoms with van der Waals surface area (Å²) in [6, 6.07) is 7.19. The van der Waals surface area contributed by atoms with Crippen LogP contribution >= 0.6 is 11.6 Å². The lowest BCUT2D eigenvalue weighted by Gasteiger charge is -2.31. The van der Waals surface area contributed by atoms with E-state index in [9.17, 15) is 13.2 Å². The van der Waals surface area contributed by atoms with E-state index in [1.165, 1.54) is 0 Å². The summed E-state index contributed by atoms with van der Waals surface area (Å²) in [5.74, 6) is 1.29. The summed E-state index contributed by atoms with van der Waals surface area (Å²) in [5, 5.41) is 3.78. The summed E-state index contributed by atoms with van der Waals surface area (Å²) < 4.78 is 38.8. The van der Waals surface area contributed by atoms with Crippen molar-refractivity contribution >= 4 is 29.1 Å². The second-order valence-corrected chi connectivity index (χ2v) is 6.20. The molecular formula is C16H17ClF3N5. The zero-order chi connectivity index (χ0) is 18.0. The molecule has 0 aliphatic carbocycles. The molecule has 0 spiro atoms. The molecule has 0 saturated heterocycles. The van der Waals surface area contributed by atoms with E-state index in [4.69, 9.17) is 11.6 Å². The number of alkyl halides is 3. The lowest BCUT2D eigenvalue weighted by molar-refractivity contribution is -0.134. The first-order valence-corrected chi connectivity index (χ1v) is 8.13. The number of hydrogen-bond acceptors (Lipinski definition) is 2. The van der Waals surface area contributed by atoms with Crippen LogP contribution in [-0.4, -0.2) is 28.2 Å². The number of rotatable bonds is 4. The van der Waals surface area contributed by atoms with Crippen molar-refractivity contribution in [2.75, 3.05) is 16.8 Å². The fraction of sp³-hybridized carbons (Fsp3) is 0.375. The molecule has 0 bridgehead atoms. The Morgan fingerprint density at radius 3 is 2.68 bits per heavy atom. The smallest absolute Gasteiger partial charge is 0.320 e. The van der Waals surface area contributed by atoms with Crippen LogP contribution in [0.2, 0.25) is 5.02 Å². The predicted octanol–water partition coefficient (Wildman–Crippen LogP) is 4.20. The van der Waals surface area contributed by atoms with E-state index >= 15 is 0 Å². The number of nitrogens with zero attached hydrogens (tertiary/aromatic N) is 4. The number of fused-ring (bicyclic) bond motifs is 1. The third-order valence-electron chi connectivity index (χ3n) is 3.82. The second kappa shape index (κ2) is 6.95. The van der Waals surface area contributed by atoms with E-state index in [-0.39, 0.29) is 13.0 Å². The first-order chi connectivity index (χ1) is 11.8. The highest BCUT2D eigenvalue weighted by Crippen LogP contribution is 2.27. The van der Waals surface area contributed by atoms with E-state index in [0.29, 0.717) is 17.5 Å². The third-order valence-corrected chi connectivity index (χ3v) is 4.08. The fourth-order valence-corrected chi connectivity index (χ4v) is 2.70. The predicted molar refractivity (Wildman–Crippen MR) is 92.1 cm³/mol. The highest BCUT2D eigenvalue weighted by Gasteiger charge is 2.27. The Morgan fingerprint density at radius 1 is 1.28 bits per heavy atom. The van der Waals surface area contributed by atoms with Gasteiger partial charge in [-0.15, -0.1) is 0 Å². The number of imidazole rings is 1. The molecule has 0 radical (unpaired) electrons. The maximum atomic E-state index is 12.3. The summed E-state index contributed by atoms with van der Waals surface area (Å²) in [6.45, 7) is 0.558. The maximum absolute atomic E-state index is 12.3. The molecule has 0 atom stereocenters. The minimum absolute atomic E-state index is 0.0542. The third kappa shape index (κ3) is 4.25. The topological polar surface area (TPSA) is 45.5 Å². The van der Waals surface area contributed by atoms with Gasteiger partial charge >= 0.3 is 6.18 Å². The highest BCUT2D eigenvalue weighted by molar-refractivity contribution is 6.30. The summed E-state index contributed by atoms with van der Waals surface area (Å²) in [7, 11) is 1.85. The largest absolute Gasteiger partial charge is 0.389 e. The number of anilines is 2. The Kier molecular flexibility index (Phi) is 4.89. The van der Waals surface area contributed by atoms with Crippen LogP contribution in [0.15, 0.2) is 35.6 Å². The Labute approximate surface area is 148 Å². The van der Waals surface area contributed by atoms with Crippen LogP contribution in [0, 0.1) is 0 Å². The lowest BCUT2D eigenvalue weighted by Crippen LogP contribution is -2.41. The summed E-state index contributed by atoms with van der Waals surface area (Å²) in [4.78, 5) is 10.6. The van der Waals surface area contributed by atoms with E-state index in [2.05, 4.69) is 15.3 Å². The summed E-state index contributed by atoms with van der Waals surface area (Å²) in [5.41, 5.74) is 1.68. The van der Waals surface area contributed by atoms with Crippen LogP contribution in [-0.2, 0) is 13.6 Å². The molecular weight excluding hydrogens is 355 g/mol. The van der Waals surface area contributed by atoms with Crippen LogP contribution in [0.3, 0.4) is 0 Å². The van der Waals surface area contributed by atoms with Crippen LogP contribution in [0.25, 0.3) is 0 Å². The van der Waals surface area contributed by atoms with Gasteiger partial charge in [0.1, 0.15) is 11.5 Å². The molecule has 1 aliphatic rings. The molecule has 2 heterocycles. The summed E-state index contributed by atoms with van der Waals surface area (Å²) in [6.07, 6.45) is -3.38. The number of nitrogens with one attached hydrogen (secondary N) is 1. The van der Waals surface area contributed by atoms with Crippen molar-refractivity contribution in [1.29, 1.82) is 0 Å². The van der Waals surface area contributed by atoms with Crippen molar-refractivity contribution < 1.29 is 13.2 Å². The van der Waals surface area contributed by atoms with Gasteiger partial charge in [-0.05, 0) is 30.7 Å². The molecule has 25 heavy (non-hydrogen) atoms. The Bertz CT molecular complexity index is 767. The number of halogens is 4. The monoisotopic (exact) mass is 371 g/mol. The standard InChI is InChI=1S/C16H17ClF3N5/c1-24-10-22-13-9-25(12-5-3-11(17)4-6-12)15(23-14(13)24)21-8-2-7-16(18,19)20/h3-6,10H,2,7-9H2,1H3,(H,21,23). The van der Waals surface area contributed by atoms with Gasteiger partial charge in [-0.1, -0.05) is 11.6 Å². The number of guanidine groups is 1. The first-order valence-electron chi connectivity index (χ1n) is 7.75. The van der Waals surface area contributed by atoms with Gasteiger partial charge in [-0.3, -0.25) is 4.99 Å². The molecule has 5 nitrogen and oxygen atoms in total. The van der Waals surface area contributed by atoms with Crippen LogP contribution in [0.4, 0.5) is 24.7 Å². The van der Waals surface area contributed by atoms with Crippen LogP contribution in [0.5, 0.6) is 0 Å². The van der Waals surface area contributed by atoms with Crippen molar-refractivity contribution in [3.05, 3.63) is 41.3 Å². The minimum Gasteiger partial charge on any atom is -0.320 e. The van der Waals surface area contributed by atoms with Crippen molar-refractivity contribution in [3.8, 4) is 0 Å². The Hall–Kier alpha value is -2.22. The molecule has 1 aromatic carbocycles. The number of aromatic nitrogens is 2. The van der Waals surface area contributed by atoms with Gasteiger partial charge in [0.15, 0.2) is 0 Å². The SMILES string of the molecule is Cn1cnc2c1NC(=NCCCC(F)(F)F)N(c1ccc(Cl)cc1)C2. The molecule has 1 N–H and O–H groups in total. The second-order valence-electron chi connectivity index (χ2n) is 5.76. The van der Waals surface area contributed by atoms with Crippen molar-refractivity contribution in [2.45, 2.75) is 25.6 Å². The van der Waals surface area contributed by atoms with Crippen molar-refractivity contribution in [3.63, 3.8) is 0 Å². The number of aliphatic imine (C=N–C) groups is 1. The molecule has 1 aromatic heterocycles. The van der Waals surface area contributed by atoms with Gasteiger partial charge in [-0.2, -0.15) is 13.2 Å². The minimum atomic E-state index is -4.16. The van der Waals surface area contributed by atoms with Crippen LogP contribution < -0.4 is 10.2 Å². The zero-order valence-electron chi connectivity index (χ0n) is 13.5. The summed E-state index contributed by atoms with van der Waals surface area (Å²) >= 11 is 5.93. The normalized spacial score (nSPS) is 16.0. The average molecular weight is 372 g/mol. The Morgan fingerprint density at radius 2 is 2.00 bits per heavy atom. The first kappa shape index (κ1) is 17.6. The van der Waals surface area contributed by atoms with Gasteiger partial charge in [0, 0.05) is 30.7 Å². The molecule has 0 fully saturated rings. The van der Waals surface area contributed by atoms with E-state index in [0.717, 1.165) is 17.2 Å². The van der Waals surface area contributed by atoms with Gasteiger partial charge in [0.2, 0.25) is 5.96 Å². The highest BCUT2D eigenvalue weighted by atomic mass is 35.5. The molecule has 0 amide bonds. The lowest BCUT2D eigenvalue weighted by atomic mass is 10.2. The molecule has 9 heteroatoms. The van der Waals surface area contributed by atoms with Crippen LogP contribution in [0.1, 0.15) is 18.5 Å². The van der Waals surface area contributed by atoms with Gasteiger partial charge in [0.25, 0.3) is 0 Å². The van der Waals surface area contributed by atoms with Gasteiger partial charge in [0.05, 0.1) is 12.9 Å². The van der Waals surface area contributed by atoms with E-state index in [1.807, 2.05) is 28.6 Å².